The van der Waals surface area contributed by atoms with Crippen LogP contribution in [0.25, 0.3) is 0 Å². The molecular weight excluding hydrogens is 557 g/mol. The van der Waals surface area contributed by atoms with Gasteiger partial charge in [0.05, 0.1) is 6.04 Å². The minimum Gasteiger partial charge on any atom is -0.349 e. The molecule has 2 aliphatic rings. The Morgan fingerprint density at radius 2 is 1.70 bits per heavy atom. The third kappa shape index (κ3) is 8.35. The van der Waals surface area contributed by atoms with Crippen molar-refractivity contribution in [2.24, 2.45) is 17.3 Å². The van der Waals surface area contributed by atoms with E-state index in [4.69, 9.17) is 23.2 Å². The van der Waals surface area contributed by atoms with Crippen LogP contribution in [0.3, 0.4) is 0 Å². The molecule has 5 atom stereocenters. The monoisotopic (exact) mass is 601 g/mol. The highest BCUT2D eigenvalue weighted by molar-refractivity contribution is 6.51. The molecule has 40 heavy (non-hydrogen) atoms. The summed E-state index contributed by atoms with van der Waals surface area (Å²) in [7, 11) is 0. The van der Waals surface area contributed by atoms with E-state index in [1.54, 1.807) is 6.08 Å². The molecule has 1 saturated carbocycles. The molecule has 0 spiro atoms. The first-order valence-electron chi connectivity index (χ1n) is 13.9. The van der Waals surface area contributed by atoms with E-state index in [2.05, 4.69) is 27.8 Å². The van der Waals surface area contributed by atoms with Gasteiger partial charge in [-0.05, 0) is 39.0 Å². The number of likely N-dealkylation sites (tertiary alicyclic amines) is 1. The lowest BCUT2D eigenvalue weighted by molar-refractivity contribution is -0.144. The highest BCUT2D eigenvalue weighted by atomic mass is 35.5. The van der Waals surface area contributed by atoms with Crippen molar-refractivity contribution in [2.75, 3.05) is 13.1 Å². The first kappa shape index (κ1) is 33.9. The van der Waals surface area contributed by atoms with E-state index in [-0.39, 0.29) is 25.4 Å². The fourth-order valence-corrected chi connectivity index (χ4v) is 5.75. The number of Topliss-reactive ketones (excluding diaryl/α,β-unsaturated/α-hetero) is 1. The van der Waals surface area contributed by atoms with Crippen LogP contribution in [0.15, 0.2) is 12.7 Å². The number of hydrogen-bond donors (Lipinski definition) is 4. The zero-order valence-corrected chi connectivity index (χ0v) is 26.2. The first-order chi connectivity index (χ1) is 18.4. The molecule has 0 bridgehead atoms. The van der Waals surface area contributed by atoms with E-state index in [9.17, 15) is 24.0 Å². The summed E-state index contributed by atoms with van der Waals surface area (Å²) in [5, 5.41) is 10.8. The van der Waals surface area contributed by atoms with Gasteiger partial charge in [-0.15, -0.1) is 29.8 Å². The zero-order chi connectivity index (χ0) is 30.6. The molecule has 5 unspecified atom stereocenters. The lowest BCUT2D eigenvalue weighted by Crippen LogP contribution is -2.62. The number of rotatable bonds is 12. The number of amides is 5. The molecule has 0 radical (unpaired) electrons. The van der Waals surface area contributed by atoms with Crippen molar-refractivity contribution in [1.82, 2.24) is 26.2 Å². The predicted molar refractivity (Wildman–Crippen MR) is 156 cm³/mol. The van der Waals surface area contributed by atoms with Crippen molar-refractivity contribution >= 4 is 52.7 Å². The standard InChI is InChI=1S/C28H45Cl2N5O5/c1-9-11-13-17(20(36)23(38)31-14-12-10-2)32-22(37)19-18-16(28(18,29)30)15-35(19)24(39)21(26(3,4)5)33-25(40)34-27(6,7)8/h10,16-19,21H,2,9,11-15H2,1,3-8H3,(H,31,38)(H,32,37)(H2,33,34,40). The second kappa shape index (κ2) is 13.1. The van der Waals surface area contributed by atoms with Gasteiger partial charge in [0.1, 0.15) is 16.4 Å². The topological polar surface area (TPSA) is 137 Å². The van der Waals surface area contributed by atoms with Crippen molar-refractivity contribution in [2.45, 2.75) is 102 Å². The van der Waals surface area contributed by atoms with Gasteiger partial charge < -0.3 is 26.2 Å². The fraction of sp³-hybridized carbons (Fsp3) is 0.750. The van der Waals surface area contributed by atoms with E-state index >= 15 is 0 Å². The molecule has 10 nitrogen and oxygen atoms in total. The molecule has 0 aromatic rings. The van der Waals surface area contributed by atoms with Gasteiger partial charge in [-0.1, -0.05) is 46.6 Å². The van der Waals surface area contributed by atoms with E-state index < -0.39 is 68.9 Å². The number of halogens is 2. The molecule has 226 valence electrons. The summed E-state index contributed by atoms with van der Waals surface area (Å²) in [6.07, 6.45) is 3.73. The highest BCUT2D eigenvalue weighted by Crippen LogP contribution is 2.65. The average Bonchev–Trinajstić information content (AvgIpc) is 3.15. The number of urea groups is 1. The minimum absolute atomic E-state index is 0.124. The van der Waals surface area contributed by atoms with E-state index in [0.717, 1.165) is 6.42 Å². The van der Waals surface area contributed by atoms with Crippen molar-refractivity contribution in [3.8, 4) is 0 Å². The molecule has 1 aliphatic carbocycles. The summed E-state index contributed by atoms with van der Waals surface area (Å²) in [4.78, 5) is 67.2. The van der Waals surface area contributed by atoms with Crippen molar-refractivity contribution in [3.63, 3.8) is 0 Å². The molecule has 4 N–H and O–H groups in total. The highest BCUT2D eigenvalue weighted by Gasteiger charge is 2.74. The maximum Gasteiger partial charge on any atom is 0.315 e. The van der Waals surface area contributed by atoms with Crippen LogP contribution in [0, 0.1) is 17.3 Å². The Hall–Kier alpha value is -2.33. The third-order valence-corrected chi connectivity index (χ3v) is 8.16. The number of carbonyl (C=O) groups excluding carboxylic acids is 5. The number of hydrogen-bond acceptors (Lipinski definition) is 5. The van der Waals surface area contributed by atoms with Crippen LogP contribution in [0.5, 0.6) is 0 Å². The third-order valence-electron chi connectivity index (χ3n) is 7.10. The zero-order valence-electron chi connectivity index (χ0n) is 24.7. The Labute approximate surface area is 247 Å². The largest absolute Gasteiger partial charge is 0.349 e. The van der Waals surface area contributed by atoms with E-state index in [0.29, 0.717) is 12.8 Å². The lowest BCUT2D eigenvalue weighted by atomic mass is 9.85. The maximum absolute atomic E-state index is 13.9. The Bertz CT molecular complexity index is 1000. The number of nitrogens with one attached hydrogen (secondary N) is 4. The summed E-state index contributed by atoms with van der Waals surface area (Å²) >= 11 is 13.0. The van der Waals surface area contributed by atoms with Crippen LogP contribution < -0.4 is 21.3 Å². The number of nitrogens with zero attached hydrogens (tertiary/aromatic N) is 1. The van der Waals surface area contributed by atoms with Crippen LogP contribution in [0.1, 0.15) is 74.1 Å². The van der Waals surface area contributed by atoms with Gasteiger partial charge >= 0.3 is 6.03 Å². The predicted octanol–water partition coefficient (Wildman–Crippen LogP) is 3.07. The molecule has 0 aromatic heterocycles. The number of carbonyl (C=O) groups is 5. The van der Waals surface area contributed by atoms with E-state index in [1.165, 1.54) is 4.90 Å². The van der Waals surface area contributed by atoms with Crippen molar-refractivity contribution in [3.05, 3.63) is 12.7 Å². The van der Waals surface area contributed by atoms with Crippen molar-refractivity contribution in [1.29, 1.82) is 0 Å². The summed E-state index contributed by atoms with van der Waals surface area (Å²) < 4.78 is -1.20. The SMILES string of the molecule is C=CCCNC(=O)C(=O)C(CCCC)NC(=O)C1C2C(CN1C(=O)C(NC(=O)NC(C)(C)C)C(C)(C)C)C2(Cl)Cl. The molecule has 0 aromatic carbocycles. The molecule has 5 amide bonds. The Balaban J connectivity index is 2.30. The van der Waals surface area contributed by atoms with E-state index in [1.807, 2.05) is 48.5 Å². The van der Waals surface area contributed by atoms with Crippen LogP contribution in [-0.2, 0) is 19.2 Å². The molecule has 2 rings (SSSR count). The van der Waals surface area contributed by atoms with Gasteiger partial charge in [0.25, 0.3) is 5.91 Å². The summed E-state index contributed by atoms with van der Waals surface area (Å²) in [6.45, 7) is 16.8. The summed E-state index contributed by atoms with van der Waals surface area (Å²) in [5.74, 6) is -3.50. The van der Waals surface area contributed by atoms with Crippen LogP contribution in [-0.4, -0.2) is 75.5 Å². The molecule has 2 fully saturated rings. The van der Waals surface area contributed by atoms with Crippen LogP contribution in [0.4, 0.5) is 4.79 Å². The van der Waals surface area contributed by atoms with Crippen LogP contribution >= 0.6 is 23.2 Å². The number of piperidine rings is 1. The molecule has 1 heterocycles. The molecule has 1 saturated heterocycles. The second-order valence-electron chi connectivity index (χ2n) is 12.8. The number of unbranched alkanes of at least 4 members (excludes halogenated alkanes) is 1. The van der Waals surface area contributed by atoms with Gasteiger partial charge in [0.2, 0.25) is 17.6 Å². The number of alkyl halides is 2. The Morgan fingerprint density at radius 3 is 2.23 bits per heavy atom. The van der Waals surface area contributed by atoms with Crippen molar-refractivity contribution < 1.29 is 24.0 Å². The number of fused-ring (bicyclic) bond motifs is 1. The molecule has 1 aliphatic heterocycles. The maximum atomic E-state index is 13.9. The van der Waals surface area contributed by atoms with Gasteiger partial charge in [0.15, 0.2) is 0 Å². The smallest absolute Gasteiger partial charge is 0.315 e. The average molecular weight is 603 g/mol. The quantitative estimate of drug-likeness (QED) is 0.118. The summed E-state index contributed by atoms with van der Waals surface area (Å²) in [6, 6.07) is -3.61. The number of ketones is 1. The fourth-order valence-electron chi connectivity index (χ4n) is 4.92. The van der Waals surface area contributed by atoms with Gasteiger partial charge in [-0.2, -0.15) is 0 Å². The minimum atomic E-state index is -1.20. The molecule has 12 heteroatoms. The second-order valence-corrected chi connectivity index (χ2v) is 14.2. The van der Waals surface area contributed by atoms with Gasteiger partial charge in [0, 0.05) is 30.5 Å². The van der Waals surface area contributed by atoms with Gasteiger partial charge in [-0.3, -0.25) is 19.2 Å². The molecular formula is C28H45Cl2N5O5. The Kier molecular flexibility index (Phi) is 11.1. The normalized spacial score (nSPS) is 22.8. The first-order valence-corrected chi connectivity index (χ1v) is 14.6. The van der Waals surface area contributed by atoms with Crippen LogP contribution in [0.2, 0.25) is 0 Å². The van der Waals surface area contributed by atoms with Gasteiger partial charge in [-0.25, -0.2) is 4.79 Å². The lowest BCUT2D eigenvalue weighted by Gasteiger charge is -2.38. The Morgan fingerprint density at radius 1 is 1.07 bits per heavy atom. The summed E-state index contributed by atoms with van der Waals surface area (Å²) in [5.41, 5.74) is -1.22.